The summed E-state index contributed by atoms with van der Waals surface area (Å²) in [7, 11) is 0. The molecule has 0 aliphatic rings. The predicted octanol–water partition coefficient (Wildman–Crippen LogP) is 4.05. The summed E-state index contributed by atoms with van der Waals surface area (Å²) in [5, 5.41) is 4.86. The lowest BCUT2D eigenvalue weighted by molar-refractivity contribution is -0.118. The van der Waals surface area contributed by atoms with Crippen molar-refractivity contribution in [1.82, 2.24) is 15.4 Å². The van der Waals surface area contributed by atoms with Gasteiger partial charge in [-0.15, -0.1) is 0 Å². The average molecular weight is 371 g/mol. The first-order valence-electron chi connectivity index (χ1n) is 8.59. The third kappa shape index (κ3) is 6.26. The Balaban J connectivity index is 1.86. The van der Waals surface area contributed by atoms with Crippen LogP contribution in [0.15, 0.2) is 46.7 Å². The number of hydrogen-bond donors (Lipinski definition) is 1. The molecule has 2 aromatic rings. The number of nitrogens with zero attached hydrogens (tertiary/aromatic N) is 3. The third-order valence-electron chi connectivity index (χ3n) is 3.92. The van der Waals surface area contributed by atoms with Crippen LogP contribution in [0.2, 0.25) is 0 Å². The Bertz CT molecular complexity index is 767. The van der Waals surface area contributed by atoms with Gasteiger partial charge in [0.25, 0.3) is 5.91 Å². The van der Waals surface area contributed by atoms with E-state index < -0.39 is 0 Å². The van der Waals surface area contributed by atoms with Crippen molar-refractivity contribution in [3.05, 3.63) is 53.3 Å². The van der Waals surface area contributed by atoms with Crippen LogP contribution in [0.1, 0.15) is 44.1 Å². The molecule has 1 N–H and O–H groups in total. The molecule has 138 valence electrons. The number of hydrazone groups is 1. The van der Waals surface area contributed by atoms with Crippen LogP contribution in [0, 0.1) is 13.8 Å². The Morgan fingerprint density at radius 2 is 1.77 bits per heavy atom. The van der Waals surface area contributed by atoms with Crippen LogP contribution in [-0.2, 0) is 10.2 Å². The maximum atomic E-state index is 12.0. The van der Waals surface area contributed by atoms with Crippen molar-refractivity contribution >= 4 is 23.4 Å². The van der Waals surface area contributed by atoms with Crippen molar-refractivity contribution in [1.29, 1.82) is 0 Å². The van der Waals surface area contributed by atoms with Crippen LogP contribution in [0.4, 0.5) is 0 Å². The van der Waals surface area contributed by atoms with Gasteiger partial charge in [-0.2, -0.15) is 5.10 Å². The number of rotatable bonds is 7. The summed E-state index contributed by atoms with van der Waals surface area (Å²) in [4.78, 5) is 20.7. The minimum absolute atomic E-state index is 0.0404. The highest BCUT2D eigenvalue weighted by Crippen LogP contribution is 2.27. The average Bonchev–Trinajstić information content (AvgIpc) is 2.58. The molecule has 26 heavy (non-hydrogen) atoms. The SMILES string of the molecule is C/C(CC(C)(C)c1ccccc1)=N\NC(=O)CSc1nc(C)cc(C)n1. The van der Waals surface area contributed by atoms with Gasteiger partial charge in [-0.3, -0.25) is 4.79 Å². The maximum Gasteiger partial charge on any atom is 0.250 e. The summed E-state index contributed by atoms with van der Waals surface area (Å²) in [6.45, 7) is 10.1. The number of hydrogen-bond acceptors (Lipinski definition) is 5. The number of aryl methyl sites for hydroxylation is 2. The highest BCUT2D eigenvalue weighted by atomic mass is 32.2. The van der Waals surface area contributed by atoms with Gasteiger partial charge in [0, 0.05) is 17.1 Å². The molecule has 2 rings (SSSR count). The van der Waals surface area contributed by atoms with E-state index in [4.69, 9.17) is 0 Å². The highest BCUT2D eigenvalue weighted by Gasteiger charge is 2.21. The molecule has 1 amide bonds. The van der Waals surface area contributed by atoms with E-state index in [1.807, 2.05) is 45.0 Å². The van der Waals surface area contributed by atoms with Crippen molar-refractivity contribution in [3.8, 4) is 0 Å². The van der Waals surface area contributed by atoms with E-state index in [1.54, 1.807) is 0 Å². The number of thioether (sulfide) groups is 1. The number of carbonyl (C=O) groups is 1. The van der Waals surface area contributed by atoms with E-state index in [9.17, 15) is 4.79 Å². The molecule has 0 spiro atoms. The smallest absolute Gasteiger partial charge is 0.250 e. The lowest BCUT2D eigenvalue weighted by Crippen LogP contribution is -2.25. The van der Waals surface area contributed by atoms with E-state index in [1.165, 1.54) is 17.3 Å². The van der Waals surface area contributed by atoms with E-state index >= 15 is 0 Å². The number of amides is 1. The van der Waals surface area contributed by atoms with Crippen LogP contribution in [0.25, 0.3) is 0 Å². The fourth-order valence-electron chi connectivity index (χ4n) is 2.75. The lowest BCUT2D eigenvalue weighted by atomic mass is 9.80. The van der Waals surface area contributed by atoms with Crippen LogP contribution >= 0.6 is 11.8 Å². The van der Waals surface area contributed by atoms with Crippen molar-refractivity contribution in [2.75, 3.05) is 5.75 Å². The first-order chi connectivity index (χ1) is 12.3. The Hall–Kier alpha value is -2.21. The van der Waals surface area contributed by atoms with Crippen molar-refractivity contribution < 1.29 is 4.79 Å². The summed E-state index contributed by atoms with van der Waals surface area (Å²) in [5.74, 6) is 0.0801. The molecule has 0 atom stereocenters. The van der Waals surface area contributed by atoms with Gasteiger partial charge in [0.15, 0.2) is 5.16 Å². The molecule has 0 aliphatic carbocycles. The largest absolute Gasteiger partial charge is 0.272 e. The van der Waals surface area contributed by atoms with Gasteiger partial charge in [0.2, 0.25) is 0 Å². The third-order valence-corrected chi connectivity index (χ3v) is 4.77. The van der Waals surface area contributed by atoms with Gasteiger partial charge < -0.3 is 0 Å². The number of benzene rings is 1. The van der Waals surface area contributed by atoms with E-state index in [0.717, 1.165) is 23.5 Å². The molecule has 5 nitrogen and oxygen atoms in total. The van der Waals surface area contributed by atoms with Gasteiger partial charge in [-0.05, 0) is 44.2 Å². The maximum absolute atomic E-state index is 12.0. The van der Waals surface area contributed by atoms with E-state index in [-0.39, 0.29) is 17.1 Å². The molecule has 0 bridgehead atoms. The number of aromatic nitrogens is 2. The van der Waals surface area contributed by atoms with Crippen LogP contribution in [-0.4, -0.2) is 27.3 Å². The van der Waals surface area contributed by atoms with Gasteiger partial charge in [-0.25, -0.2) is 15.4 Å². The topological polar surface area (TPSA) is 67.2 Å². The highest BCUT2D eigenvalue weighted by molar-refractivity contribution is 7.99. The van der Waals surface area contributed by atoms with Crippen LogP contribution < -0.4 is 5.43 Å². The number of carbonyl (C=O) groups excluding carboxylic acids is 1. The van der Waals surface area contributed by atoms with Gasteiger partial charge in [0.1, 0.15) is 0 Å². The monoisotopic (exact) mass is 370 g/mol. The standard InChI is InChI=1S/C20H26N4OS/c1-14-11-15(2)22-19(21-14)26-13-18(25)24-23-16(3)12-20(4,5)17-9-7-6-8-10-17/h6-11H,12-13H2,1-5H3,(H,24,25)/b23-16+. The Kier molecular flexibility index (Phi) is 6.91. The summed E-state index contributed by atoms with van der Waals surface area (Å²) in [6.07, 6.45) is 0.768. The van der Waals surface area contributed by atoms with Crippen molar-refractivity contribution in [2.24, 2.45) is 5.10 Å². The Morgan fingerprint density at radius 1 is 1.15 bits per heavy atom. The van der Waals surface area contributed by atoms with Crippen molar-refractivity contribution in [2.45, 2.75) is 51.6 Å². The van der Waals surface area contributed by atoms with Crippen LogP contribution in [0.5, 0.6) is 0 Å². The lowest BCUT2D eigenvalue weighted by Gasteiger charge is -2.25. The minimum atomic E-state index is -0.158. The first kappa shape index (κ1) is 20.1. The molecular weight excluding hydrogens is 344 g/mol. The molecule has 1 heterocycles. The fourth-order valence-corrected chi connectivity index (χ4v) is 3.49. The molecule has 1 aromatic heterocycles. The molecule has 1 aromatic carbocycles. The summed E-state index contributed by atoms with van der Waals surface area (Å²) < 4.78 is 0. The van der Waals surface area contributed by atoms with Gasteiger partial charge in [-0.1, -0.05) is 55.9 Å². The zero-order valence-corrected chi connectivity index (χ0v) is 16.9. The molecule has 0 unspecified atom stereocenters. The zero-order chi connectivity index (χ0) is 19.2. The molecule has 0 aliphatic heterocycles. The quantitative estimate of drug-likeness (QED) is 0.346. The summed E-state index contributed by atoms with van der Waals surface area (Å²) in [6, 6.07) is 12.2. The van der Waals surface area contributed by atoms with Gasteiger partial charge >= 0.3 is 0 Å². The molecule has 0 saturated carbocycles. The summed E-state index contributed by atoms with van der Waals surface area (Å²) >= 11 is 1.32. The second-order valence-corrected chi connectivity index (χ2v) is 7.97. The fraction of sp³-hybridized carbons (Fsp3) is 0.400. The van der Waals surface area contributed by atoms with Crippen molar-refractivity contribution in [3.63, 3.8) is 0 Å². The molecule has 0 fully saturated rings. The molecule has 0 radical (unpaired) electrons. The van der Waals surface area contributed by atoms with Gasteiger partial charge in [0.05, 0.1) is 5.75 Å². The van der Waals surface area contributed by atoms with E-state index in [2.05, 4.69) is 46.5 Å². The zero-order valence-electron chi connectivity index (χ0n) is 16.0. The second kappa shape index (κ2) is 8.94. The molecule has 0 saturated heterocycles. The molecular formula is C20H26N4OS. The summed E-state index contributed by atoms with van der Waals surface area (Å²) in [5.41, 5.74) is 6.53. The van der Waals surface area contributed by atoms with E-state index in [0.29, 0.717) is 5.16 Å². The normalized spacial score (nSPS) is 12.1. The van der Waals surface area contributed by atoms with Crippen LogP contribution in [0.3, 0.4) is 0 Å². The predicted molar refractivity (Wildman–Crippen MR) is 108 cm³/mol. The molecule has 6 heteroatoms. The second-order valence-electron chi connectivity index (χ2n) is 7.03. The first-order valence-corrected chi connectivity index (χ1v) is 9.57. The number of nitrogens with one attached hydrogen (secondary N) is 1. The Labute approximate surface area is 159 Å². The Morgan fingerprint density at radius 3 is 2.38 bits per heavy atom. The minimum Gasteiger partial charge on any atom is -0.272 e.